The Labute approximate surface area is 90.1 Å². The van der Waals surface area contributed by atoms with E-state index in [1.165, 1.54) is 12.1 Å². The average molecular weight is 228 g/mol. The topological polar surface area (TPSA) is 46.3 Å². The minimum absolute atomic E-state index is 0.0801. The third-order valence-electron chi connectivity index (χ3n) is 2.02. The molecule has 0 amide bonds. The van der Waals surface area contributed by atoms with Crippen molar-refractivity contribution < 1.29 is 14.0 Å². The van der Waals surface area contributed by atoms with Crippen LogP contribution in [0.3, 0.4) is 0 Å². The van der Waals surface area contributed by atoms with E-state index >= 15 is 0 Å². The zero-order valence-corrected chi connectivity index (χ0v) is 8.55. The first-order chi connectivity index (χ1) is 7.09. The first kappa shape index (κ1) is 9.98. The lowest BCUT2D eigenvalue weighted by Gasteiger charge is -2.00. The molecule has 5 heteroatoms. The largest absolute Gasteiger partial charge is 0.503 e. The first-order valence-electron chi connectivity index (χ1n) is 4.20. The molecule has 0 saturated heterocycles. The highest BCUT2D eigenvalue weighted by molar-refractivity contribution is 6.33. The first-order valence-corrected chi connectivity index (χ1v) is 4.58. The van der Waals surface area contributed by atoms with Gasteiger partial charge in [0.25, 0.3) is 0 Å². The number of halogens is 2. The Hall–Kier alpha value is -1.55. The number of rotatable bonds is 1. The zero-order valence-electron chi connectivity index (χ0n) is 7.79. The molecule has 15 heavy (non-hydrogen) atoms. The Bertz CT molecular complexity index is 510. The fraction of sp³-hybridized carbons (Fsp3) is 0.100. The molecule has 1 aromatic carbocycles. The van der Waals surface area contributed by atoms with Gasteiger partial charge in [0.2, 0.25) is 0 Å². The molecule has 2 rings (SSSR count). The summed E-state index contributed by atoms with van der Waals surface area (Å²) in [5.74, 6) is -0.225. The number of hydrogen-bond acceptors (Lipinski definition) is 3. The van der Waals surface area contributed by atoms with Gasteiger partial charge >= 0.3 is 0 Å². The van der Waals surface area contributed by atoms with E-state index in [1.54, 1.807) is 6.92 Å². The molecule has 0 atom stereocenters. The second-order valence-electron chi connectivity index (χ2n) is 3.06. The Morgan fingerprint density at radius 1 is 1.47 bits per heavy atom. The fourth-order valence-corrected chi connectivity index (χ4v) is 1.48. The van der Waals surface area contributed by atoms with Crippen LogP contribution in [0.15, 0.2) is 22.7 Å². The van der Waals surface area contributed by atoms with Crippen molar-refractivity contribution in [2.75, 3.05) is 0 Å². The molecule has 0 spiro atoms. The van der Waals surface area contributed by atoms with Crippen LogP contribution in [0.1, 0.15) is 5.76 Å². The second kappa shape index (κ2) is 3.55. The summed E-state index contributed by atoms with van der Waals surface area (Å²) in [5.41, 5.74) is 0.657. The van der Waals surface area contributed by atoms with Gasteiger partial charge in [0.15, 0.2) is 17.2 Å². The summed E-state index contributed by atoms with van der Waals surface area (Å²) < 4.78 is 17.6. The van der Waals surface area contributed by atoms with Crippen LogP contribution in [-0.2, 0) is 0 Å². The van der Waals surface area contributed by atoms with Crippen molar-refractivity contribution >= 4 is 11.6 Å². The van der Waals surface area contributed by atoms with Crippen molar-refractivity contribution in [2.24, 2.45) is 0 Å². The lowest BCUT2D eigenvalue weighted by molar-refractivity contribution is 0.384. The van der Waals surface area contributed by atoms with E-state index in [9.17, 15) is 9.50 Å². The smallest absolute Gasteiger partial charge is 0.186 e. The summed E-state index contributed by atoms with van der Waals surface area (Å²) in [4.78, 5) is 0. The van der Waals surface area contributed by atoms with Gasteiger partial charge in [0, 0.05) is 12.5 Å². The van der Waals surface area contributed by atoms with Gasteiger partial charge in [0.05, 0.1) is 5.02 Å². The predicted molar refractivity (Wildman–Crippen MR) is 53.3 cm³/mol. The molecular formula is C10H7ClFNO2. The van der Waals surface area contributed by atoms with Gasteiger partial charge in [-0.3, -0.25) is 0 Å². The van der Waals surface area contributed by atoms with Crippen LogP contribution in [-0.4, -0.2) is 10.3 Å². The minimum atomic E-state index is -0.441. The van der Waals surface area contributed by atoms with E-state index in [2.05, 4.69) is 5.16 Å². The molecule has 0 saturated carbocycles. The highest BCUT2D eigenvalue weighted by Crippen LogP contribution is 2.35. The molecule has 0 radical (unpaired) electrons. The van der Waals surface area contributed by atoms with Gasteiger partial charge in [-0.15, -0.1) is 0 Å². The molecule has 3 nitrogen and oxygen atoms in total. The van der Waals surface area contributed by atoms with Gasteiger partial charge in [0.1, 0.15) is 5.82 Å². The Balaban J connectivity index is 2.59. The maximum absolute atomic E-state index is 12.8. The van der Waals surface area contributed by atoms with E-state index < -0.39 is 5.82 Å². The number of aryl methyl sites for hydroxylation is 1. The van der Waals surface area contributed by atoms with Crippen molar-refractivity contribution in [1.82, 2.24) is 5.16 Å². The van der Waals surface area contributed by atoms with Crippen molar-refractivity contribution in [3.8, 4) is 17.0 Å². The summed E-state index contributed by atoms with van der Waals surface area (Å²) >= 11 is 5.81. The van der Waals surface area contributed by atoms with Crippen LogP contribution in [0.25, 0.3) is 11.3 Å². The molecule has 0 unspecified atom stereocenters. The van der Waals surface area contributed by atoms with Gasteiger partial charge in [-0.05, 0) is 18.2 Å². The molecule has 2 aromatic rings. The average Bonchev–Trinajstić information content (AvgIpc) is 2.49. The summed E-state index contributed by atoms with van der Waals surface area (Å²) in [7, 11) is 0. The van der Waals surface area contributed by atoms with Crippen molar-refractivity contribution in [3.63, 3.8) is 0 Å². The van der Waals surface area contributed by atoms with Crippen LogP contribution in [0, 0.1) is 12.7 Å². The van der Waals surface area contributed by atoms with Gasteiger partial charge in [-0.1, -0.05) is 16.8 Å². The van der Waals surface area contributed by atoms with Crippen LogP contribution in [0.4, 0.5) is 4.39 Å². The predicted octanol–water partition coefficient (Wildman–Crippen LogP) is 3.15. The number of hydrogen-bond donors (Lipinski definition) is 1. The van der Waals surface area contributed by atoms with E-state index in [0.29, 0.717) is 11.3 Å². The van der Waals surface area contributed by atoms with Crippen LogP contribution >= 0.6 is 11.6 Å². The molecule has 0 bridgehead atoms. The third kappa shape index (κ3) is 1.68. The monoisotopic (exact) mass is 227 g/mol. The SMILES string of the molecule is Cc1onc(-c2ccc(F)cc2Cl)c1O. The number of benzene rings is 1. The molecule has 0 aliphatic carbocycles. The summed E-state index contributed by atoms with van der Waals surface area (Å²) in [6.07, 6.45) is 0. The Morgan fingerprint density at radius 2 is 2.20 bits per heavy atom. The standard InChI is InChI=1S/C10H7ClFNO2/c1-5-10(14)9(13-15-5)7-3-2-6(12)4-8(7)11/h2-4,14H,1H3. The minimum Gasteiger partial charge on any atom is -0.503 e. The maximum atomic E-state index is 12.8. The maximum Gasteiger partial charge on any atom is 0.186 e. The van der Waals surface area contributed by atoms with Crippen molar-refractivity contribution in [3.05, 3.63) is 34.8 Å². The lowest BCUT2D eigenvalue weighted by Crippen LogP contribution is -1.82. The third-order valence-corrected chi connectivity index (χ3v) is 2.33. The van der Waals surface area contributed by atoms with Crippen LogP contribution in [0.5, 0.6) is 5.75 Å². The van der Waals surface area contributed by atoms with E-state index in [4.69, 9.17) is 16.1 Å². The highest BCUT2D eigenvalue weighted by Gasteiger charge is 2.16. The normalized spacial score (nSPS) is 10.6. The van der Waals surface area contributed by atoms with E-state index in [0.717, 1.165) is 6.07 Å². The van der Waals surface area contributed by atoms with Crippen LogP contribution < -0.4 is 0 Å². The molecule has 0 fully saturated rings. The zero-order chi connectivity index (χ0) is 11.0. The lowest BCUT2D eigenvalue weighted by atomic mass is 10.1. The molecule has 1 heterocycles. The van der Waals surface area contributed by atoms with Crippen molar-refractivity contribution in [1.29, 1.82) is 0 Å². The Morgan fingerprint density at radius 3 is 2.73 bits per heavy atom. The van der Waals surface area contributed by atoms with Crippen LogP contribution in [0.2, 0.25) is 5.02 Å². The number of aromatic hydroxyl groups is 1. The number of aromatic nitrogens is 1. The van der Waals surface area contributed by atoms with E-state index in [-0.39, 0.29) is 16.5 Å². The van der Waals surface area contributed by atoms with Gasteiger partial charge in [-0.2, -0.15) is 0 Å². The summed E-state index contributed by atoms with van der Waals surface area (Å²) in [6, 6.07) is 3.83. The quantitative estimate of drug-likeness (QED) is 0.814. The van der Waals surface area contributed by atoms with Gasteiger partial charge in [-0.25, -0.2) is 4.39 Å². The second-order valence-corrected chi connectivity index (χ2v) is 3.47. The number of nitrogens with zero attached hydrogens (tertiary/aromatic N) is 1. The molecule has 1 aromatic heterocycles. The van der Waals surface area contributed by atoms with Gasteiger partial charge < -0.3 is 9.63 Å². The molecule has 0 aliphatic heterocycles. The molecule has 78 valence electrons. The Kier molecular flexibility index (Phi) is 2.36. The summed E-state index contributed by atoms with van der Waals surface area (Å²) in [6.45, 7) is 1.57. The molecular weight excluding hydrogens is 221 g/mol. The molecule has 1 N–H and O–H groups in total. The fourth-order valence-electron chi connectivity index (χ4n) is 1.23. The molecule has 0 aliphatic rings. The van der Waals surface area contributed by atoms with E-state index in [1.807, 2.05) is 0 Å². The van der Waals surface area contributed by atoms with Crippen molar-refractivity contribution in [2.45, 2.75) is 6.92 Å². The highest BCUT2D eigenvalue weighted by atomic mass is 35.5. The summed E-state index contributed by atoms with van der Waals surface area (Å²) in [5, 5.41) is 13.4.